The van der Waals surface area contributed by atoms with E-state index in [0.29, 0.717) is 5.92 Å². The topological polar surface area (TPSA) is 3.24 Å². The lowest BCUT2D eigenvalue weighted by Crippen LogP contribution is -2.24. The molecule has 0 aliphatic carbocycles. The highest BCUT2D eigenvalue weighted by atomic mass is 32.1. The second-order valence-electron chi connectivity index (χ2n) is 5.22. The molecule has 0 spiro atoms. The summed E-state index contributed by atoms with van der Waals surface area (Å²) in [6, 6.07) is 13.3. The maximum absolute atomic E-state index is 2.46. The summed E-state index contributed by atoms with van der Waals surface area (Å²) in [6.07, 6.45) is 1.19. The zero-order valence-electron chi connectivity index (χ0n) is 11.0. The Morgan fingerprint density at radius 3 is 2.78 bits per heavy atom. The minimum Gasteiger partial charge on any atom is -0.305 e. The molecule has 1 unspecified atom stereocenters. The molecule has 1 atom stereocenters. The van der Waals surface area contributed by atoms with Crippen LogP contribution in [0.25, 0.3) is 0 Å². The van der Waals surface area contributed by atoms with Crippen LogP contribution in [0.15, 0.2) is 36.4 Å². The average Bonchev–Trinajstić information content (AvgIpc) is 2.68. The molecular weight excluding hydrogens is 238 g/mol. The van der Waals surface area contributed by atoms with E-state index in [2.05, 4.69) is 55.3 Å². The predicted octanol–water partition coefficient (Wildman–Crippen LogP) is 3.68. The van der Waals surface area contributed by atoms with E-state index in [4.69, 9.17) is 0 Å². The van der Waals surface area contributed by atoms with Gasteiger partial charge in [-0.3, -0.25) is 0 Å². The molecule has 1 aliphatic rings. The van der Waals surface area contributed by atoms with Crippen LogP contribution in [0.4, 0.5) is 0 Å². The van der Waals surface area contributed by atoms with Crippen LogP contribution in [0.2, 0.25) is 0 Å². The molecule has 94 valence electrons. The van der Waals surface area contributed by atoms with Gasteiger partial charge in [0.15, 0.2) is 0 Å². The first-order chi connectivity index (χ1) is 8.74. The zero-order chi connectivity index (χ0) is 12.5. The molecule has 0 radical (unpaired) electrons. The summed E-state index contributed by atoms with van der Waals surface area (Å²) in [5.41, 5.74) is 3.02. The van der Waals surface area contributed by atoms with E-state index < -0.39 is 0 Å². The number of hydrogen-bond donors (Lipinski definition) is 0. The van der Waals surface area contributed by atoms with Gasteiger partial charge in [-0.15, -0.1) is 11.3 Å². The van der Waals surface area contributed by atoms with Gasteiger partial charge in [0, 0.05) is 28.8 Å². The molecule has 18 heavy (non-hydrogen) atoms. The van der Waals surface area contributed by atoms with E-state index in [-0.39, 0.29) is 0 Å². The van der Waals surface area contributed by atoms with Crippen LogP contribution >= 0.6 is 11.3 Å². The van der Waals surface area contributed by atoms with E-state index in [0.717, 1.165) is 6.54 Å². The van der Waals surface area contributed by atoms with Gasteiger partial charge in [0.25, 0.3) is 0 Å². The second kappa shape index (κ2) is 4.87. The maximum atomic E-state index is 2.46. The summed E-state index contributed by atoms with van der Waals surface area (Å²) < 4.78 is 0. The zero-order valence-corrected chi connectivity index (χ0v) is 11.8. The molecule has 1 aromatic heterocycles. The summed E-state index contributed by atoms with van der Waals surface area (Å²) in [5.74, 6) is 0.549. The molecule has 0 fully saturated rings. The number of rotatable bonds is 1. The summed E-state index contributed by atoms with van der Waals surface area (Å²) >= 11 is 1.98. The highest BCUT2D eigenvalue weighted by Crippen LogP contribution is 2.36. The number of hydrogen-bond acceptors (Lipinski definition) is 2. The lowest BCUT2D eigenvalue weighted by Gasteiger charge is -2.20. The van der Waals surface area contributed by atoms with Crippen LogP contribution < -0.4 is 0 Å². The Morgan fingerprint density at radius 2 is 2.00 bits per heavy atom. The fourth-order valence-corrected chi connectivity index (χ4v) is 4.01. The molecule has 0 N–H and O–H groups in total. The summed E-state index contributed by atoms with van der Waals surface area (Å²) in [7, 11) is 2.24. The van der Waals surface area contributed by atoms with Gasteiger partial charge in [0.2, 0.25) is 0 Å². The Balaban J connectivity index is 2.06. The van der Waals surface area contributed by atoms with E-state index in [1.165, 1.54) is 23.4 Å². The number of fused-ring (bicyclic) bond motifs is 1. The lowest BCUT2D eigenvalue weighted by atomic mass is 9.95. The highest BCUT2D eigenvalue weighted by Gasteiger charge is 2.24. The Bertz CT molecular complexity index is 529. The van der Waals surface area contributed by atoms with Crippen molar-refractivity contribution in [2.45, 2.75) is 19.3 Å². The molecule has 1 aromatic carbocycles. The first-order valence-electron chi connectivity index (χ1n) is 6.57. The Kier molecular flexibility index (Phi) is 3.23. The van der Waals surface area contributed by atoms with Gasteiger partial charge in [0.1, 0.15) is 0 Å². The molecule has 0 amide bonds. The number of thiophene rings is 1. The Hall–Kier alpha value is -1.12. The van der Waals surface area contributed by atoms with Crippen LogP contribution in [-0.2, 0) is 6.42 Å². The minimum absolute atomic E-state index is 0.549. The first-order valence-corrected chi connectivity index (χ1v) is 7.38. The monoisotopic (exact) mass is 257 g/mol. The first kappa shape index (κ1) is 11.9. The molecular formula is C16H19NS. The van der Waals surface area contributed by atoms with E-state index in [1.807, 2.05) is 11.3 Å². The van der Waals surface area contributed by atoms with Gasteiger partial charge < -0.3 is 4.90 Å². The molecule has 2 heteroatoms. The van der Waals surface area contributed by atoms with Crippen molar-refractivity contribution >= 4 is 11.3 Å². The number of benzene rings is 1. The number of aryl methyl sites for hydroxylation is 1. The van der Waals surface area contributed by atoms with Gasteiger partial charge in [-0.25, -0.2) is 0 Å². The largest absolute Gasteiger partial charge is 0.305 e. The predicted molar refractivity (Wildman–Crippen MR) is 78.5 cm³/mol. The third kappa shape index (κ3) is 2.23. The minimum atomic E-state index is 0.549. The molecule has 2 heterocycles. The van der Waals surface area contributed by atoms with Crippen molar-refractivity contribution < 1.29 is 0 Å². The maximum Gasteiger partial charge on any atom is 0.0314 e. The van der Waals surface area contributed by atoms with Crippen molar-refractivity contribution in [1.82, 2.24) is 4.90 Å². The van der Waals surface area contributed by atoms with Crippen LogP contribution in [0, 0.1) is 6.92 Å². The van der Waals surface area contributed by atoms with Gasteiger partial charge in [-0.05, 0) is 37.6 Å². The van der Waals surface area contributed by atoms with E-state index in [9.17, 15) is 0 Å². The Labute approximate surface area is 113 Å². The molecule has 1 aliphatic heterocycles. The number of likely N-dealkylation sites (N-methyl/N-ethyl adjacent to an activating group) is 1. The van der Waals surface area contributed by atoms with Crippen molar-refractivity contribution in [3.05, 3.63) is 57.3 Å². The van der Waals surface area contributed by atoms with Crippen LogP contribution in [0.1, 0.15) is 26.8 Å². The average molecular weight is 257 g/mol. The van der Waals surface area contributed by atoms with E-state index >= 15 is 0 Å². The van der Waals surface area contributed by atoms with Crippen molar-refractivity contribution in [1.29, 1.82) is 0 Å². The van der Waals surface area contributed by atoms with Crippen molar-refractivity contribution in [3.8, 4) is 0 Å². The lowest BCUT2D eigenvalue weighted by molar-refractivity contribution is 0.338. The van der Waals surface area contributed by atoms with Crippen LogP contribution in [0.5, 0.6) is 0 Å². The highest BCUT2D eigenvalue weighted by molar-refractivity contribution is 7.12. The third-order valence-electron chi connectivity index (χ3n) is 3.74. The molecule has 0 saturated heterocycles. The molecule has 3 rings (SSSR count). The standard InChI is InChI=1S/C16H19NS/c1-12-10-14-8-9-17(2)11-15(16(14)18-12)13-6-4-3-5-7-13/h3-7,10,15H,8-9,11H2,1-2H3. The SMILES string of the molecule is Cc1cc2c(s1)C(c1ccccc1)CN(C)CC2. The quantitative estimate of drug-likeness (QED) is 0.753. The fraction of sp³-hybridized carbons (Fsp3) is 0.375. The summed E-state index contributed by atoms with van der Waals surface area (Å²) in [5, 5.41) is 0. The van der Waals surface area contributed by atoms with Gasteiger partial charge in [-0.1, -0.05) is 30.3 Å². The Morgan fingerprint density at radius 1 is 1.22 bits per heavy atom. The molecule has 0 bridgehead atoms. The molecule has 1 nitrogen and oxygen atoms in total. The van der Waals surface area contributed by atoms with E-state index in [1.54, 1.807) is 10.4 Å². The van der Waals surface area contributed by atoms with Gasteiger partial charge in [0.05, 0.1) is 0 Å². The molecule has 2 aromatic rings. The molecule has 0 saturated carbocycles. The van der Waals surface area contributed by atoms with Crippen LogP contribution in [0.3, 0.4) is 0 Å². The normalized spacial score (nSPS) is 20.4. The van der Waals surface area contributed by atoms with Crippen molar-refractivity contribution in [3.63, 3.8) is 0 Å². The number of nitrogens with zero attached hydrogens (tertiary/aromatic N) is 1. The smallest absolute Gasteiger partial charge is 0.0314 e. The third-order valence-corrected chi connectivity index (χ3v) is 4.95. The van der Waals surface area contributed by atoms with Gasteiger partial charge >= 0.3 is 0 Å². The fourth-order valence-electron chi connectivity index (χ4n) is 2.81. The summed E-state index contributed by atoms with van der Waals surface area (Å²) in [4.78, 5) is 5.49. The van der Waals surface area contributed by atoms with Crippen LogP contribution in [-0.4, -0.2) is 25.0 Å². The second-order valence-corrected chi connectivity index (χ2v) is 6.51. The van der Waals surface area contributed by atoms with Gasteiger partial charge in [-0.2, -0.15) is 0 Å². The summed E-state index contributed by atoms with van der Waals surface area (Å²) in [6.45, 7) is 4.54. The van der Waals surface area contributed by atoms with Crippen molar-refractivity contribution in [2.75, 3.05) is 20.1 Å². The van der Waals surface area contributed by atoms with Crippen molar-refractivity contribution in [2.24, 2.45) is 0 Å².